The lowest BCUT2D eigenvalue weighted by Gasteiger charge is -2.18. The van der Waals surface area contributed by atoms with Gasteiger partial charge in [-0.3, -0.25) is 10.1 Å². The van der Waals surface area contributed by atoms with Gasteiger partial charge in [0.05, 0.1) is 0 Å². The van der Waals surface area contributed by atoms with Crippen LogP contribution in [0, 0.1) is 18.8 Å². The summed E-state index contributed by atoms with van der Waals surface area (Å²) in [6, 6.07) is 13.6. The second-order valence-corrected chi connectivity index (χ2v) is 8.96. The number of carbonyl (C=O) groups is 2. The van der Waals surface area contributed by atoms with Gasteiger partial charge in [-0.15, -0.1) is 0 Å². The highest BCUT2D eigenvalue weighted by atomic mass is 35.5. The van der Waals surface area contributed by atoms with Crippen LogP contribution in [-0.2, 0) is 9.53 Å². The van der Waals surface area contributed by atoms with Gasteiger partial charge in [-0.1, -0.05) is 41.9 Å². The first-order valence-electron chi connectivity index (χ1n) is 11.0. The van der Waals surface area contributed by atoms with Gasteiger partial charge in [0.25, 0.3) is 5.92 Å². The molecule has 184 valence electrons. The van der Waals surface area contributed by atoms with Crippen molar-refractivity contribution in [3.63, 3.8) is 0 Å². The molecule has 4 rings (SSSR count). The molecule has 1 aromatic heterocycles. The maximum absolute atomic E-state index is 13.6. The Bertz CT molecular complexity index is 1260. The van der Waals surface area contributed by atoms with E-state index in [4.69, 9.17) is 20.9 Å². The van der Waals surface area contributed by atoms with Crippen molar-refractivity contribution in [1.29, 1.82) is 0 Å². The van der Waals surface area contributed by atoms with Crippen molar-refractivity contribution in [2.45, 2.75) is 32.8 Å². The fourth-order valence-corrected chi connectivity index (χ4v) is 4.19. The third-order valence-corrected chi connectivity index (χ3v) is 6.59. The highest BCUT2D eigenvalue weighted by Crippen LogP contribution is 2.55. The lowest BCUT2D eigenvalue weighted by molar-refractivity contribution is -0.121. The minimum Gasteiger partial charge on any atom is -0.441 e. The maximum atomic E-state index is 13.6. The van der Waals surface area contributed by atoms with E-state index in [9.17, 15) is 18.4 Å². The number of aryl methyl sites for hydroxylation is 1. The number of amides is 2. The molecule has 3 atom stereocenters. The third kappa shape index (κ3) is 4.73. The molecule has 0 aliphatic heterocycles. The number of carbonyl (C=O) groups excluding carboxylic acids is 2. The molecular formula is C25H24ClF2N3O4. The summed E-state index contributed by atoms with van der Waals surface area (Å²) in [6.45, 7) is 4.73. The standard InChI is InChI=1S/C25H24ClF2N3O4/c1-13-20(25(13,27)28)23(32)31(4)17-11-9-16(10-12-17)22-21(14(2)30-35-22)29-24(33)34-15(3)18-7-5-6-8-19(18)26/h5-13,15,20H,1-4H3,(H,29,33)/t13?,15-,20?/m1/s1. The number of alkyl halides is 2. The molecule has 10 heteroatoms. The Hall–Kier alpha value is -3.46. The number of benzene rings is 2. The zero-order chi connectivity index (χ0) is 25.5. The Balaban J connectivity index is 1.47. The molecule has 35 heavy (non-hydrogen) atoms. The van der Waals surface area contributed by atoms with E-state index in [1.807, 2.05) is 0 Å². The molecule has 1 saturated carbocycles. The van der Waals surface area contributed by atoms with E-state index in [1.165, 1.54) is 18.9 Å². The largest absolute Gasteiger partial charge is 0.441 e. The zero-order valence-electron chi connectivity index (χ0n) is 19.5. The number of ether oxygens (including phenoxy) is 1. The predicted molar refractivity (Wildman–Crippen MR) is 128 cm³/mol. The van der Waals surface area contributed by atoms with Crippen LogP contribution in [0.15, 0.2) is 53.1 Å². The molecule has 1 aliphatic carbocycles. The summed E-state index contributed by atoms with van der Waals surface area (Å²) >= 11 is 6.17. The summed E-state index contributed by atoms with van der Waals surface area (Å²) in [5.41, 5.74) is 2.44. The number of anilines is 2. The van der Waals surface area contributed by atoms with Crippen LogP contribution >= 0.6 is 11.6 Å². The quantitative estimate of drug-likeness (QED) is 0.416. The molecule has 3 aromatic rings. The van der Waals surface area contributed by atoms with Gasteiger partial charge in [-0.05, 0) is 44.2 Å². The average Bonchev–Trinajstić information content (AvgIpc) is 3.12. The number of hydrogen-bond acceptors (Lipinski definition) is 5. The smallest absolute Gasteiger partial charge is 0.412 e. The van der Waals surface area contributed by atoms with Gasteiger partial charge in [-0.25, -0.2) is 13.6 Å². The van der Waals surface area contributed by atoms with Crippen molar-refractivity contribution < 1.29 is 27.6 Å². The molecular weight excluding hydrogens is 480 g/mol. The number of rotatable bonds is 6. The Morgan fingerprint density at radius 2 is 1.83 bits per heavy atom. The van der Waals surface area contributed by atoms with Gasteiger partial charge in [0.15, 0.2) is 5.76 Å². The SMILES string of the molecule is Cc1noc(-c2ccc(N(C)C(=O)C3C(C)C3(F)F)cc2)c1NC(=O)O[C@H](C)c1ccccc1Cl. The van der Waals surface area contributed by atoms with Crippen LogP contribution in [0.25, 0.3) is 11.3 Å². The zero-order valence-corrected chi connectivity index (χ0v) is 20.3. The highest BCUT2D eigenvalue weighted by molar-refractivity contribution is 6.31. The van der Waals surface area contributed by atoms with E-state index < -0.39 is 35.9 Å². The minimum atomic E-state index is -2.97. The molecule has 0 saturated heterocycles. The van der Waals surface area contributed by atoms with Crippen molar-refractivity contribution in [2.24, 2.45) is 11.8 Å². The van der Waals surface area contributed by atoms with Crippen LogP contribution in [0.4, 0.5) is 25.0 Å². The third-order valence-electron chi connectivity index (χ3n) is 6.24. The molecule has 1 fully saturated rings. The van der Waals surface area contributed by atoms with E-state index in [0.29, 0.717) is 33.2 Å². The van der Waals surface area contributed by atoms with Crippen molar-refractivity contribution in [1.82, 2.24) is 5.16 Å². The fourth-order valence-electron chi connectivity index (χ4n) is 3.90. The number of nitrogens with one attached hydrogen (secondary N) is 1. The summed E-state index contributed by atoms with van der Waals surface area (Å²) < 4.78 is 38.1. The molecule has 2 aromatic carbocycles. The van der Waals surface area contributed by atoms with Gasteiger partial charge in [0, 0.05) is 34.8 Å². The molecule has 0 radical (unpaired) electrons. The van der Waals surface area contributed by atoms with Gasteiger partial charge in [-0.2, -0.15) is 0 Å². The second kappa shape index (κ2) is 9.30. The predicted octanol–water partition coefficient (Wildman–Crippen LogP) is 6.48. The van der Waals surface area contributed by atoms with Gasteiger partial charge >= 0.3 is 6.09 Å². The molecule has 0 spiro atoms. The first-order chi connectivity index (χ1) is 16.5. The lowest BCUT2D eigenvalue weighted by Crippen LogP contribution is -2.29. The molecule has 2 amide bonds. The Labute approximate surface area is 206 Å². The van der Waals surface area contributed by atoms with E-state index >= 15 is 0 Å². The first-order valence-corrected chi connectivity index (χ1v) is 11.3. The normalized spacial score (nSPS) is 19.1. The minimum absolute atomic E-state index is 0.285. The van der Waals surface area contributed by atoms with Crippen molar-refractivity contribution >= 4 is 35.0 Å². The Morgan fingerprint density at radius 3 is 2.43 bits per heavy atom. The maximum Gasteiger partial charge on any atom is 0.412 e. The van der Waals surface area contributed by atoms with Crippen molar-refractivity contribution in [2.75, 3.05) is 17.3 Å². The highest BCUT2D eigenvalue weighted by Gasteiger charge is 2.69. The van der Waals surface area contributed by atoms with E-state index in [1.54, 1.807) is 62.4 Å². The summed E-state index contributed by atoms with van der Waals surface area (Å²) in [5, 5.41) is 7.07. The molecule has 2 unspecified atom stereocenters. The van der Waals surface area contributed by atoms with Crippen LogP contribution in [0.1, 0.15) is 31.2 Å². The van der Waals surface area contributed by atoms with Gasteiger partial charge in [0.2, 0.25) is 5.91 Å². The first kappa shape index (κ1) is 24.7. The summed E-state index contributed by atoms with van der Waals surface area (Å²) in [7, 11) is 1.46. The number of hydrogen-bond donors (Lipinski definition) is 1. The molecule has 0 bridgehead atoms. The summed E-state index contributed by atoms with van der Waals surface area (Å²) in [6.07, 6.45) is -1.31. The van der Waals surface area contributed by atoms with Crippen LogP contribution in [0.3, 0.4) is 0 Å². The number of nitrogens with zero attached hydrogens (tertiary/aromatic N) is 2. The van der Waals surface area contributed by atoms with Crippen LogP contribution in [0.5, 0.6) is 0 Å². The van der Waals surface area contributed by atoms with E-state index in [2.05, 4.69) is 10.5 Å². The average molecular weight is 504 g/mol. The van der Waals surface area contributed by atoms with Crippen molar-refractivity contribution in [3.8, 4) is 11.3 Å². The van der Waals surface area contributed by atoms with Crippen LogP contribution in [0.2, 0.25) is 5.02 Å². The Kier molecular flexibility index (Phi) is 6.55. The monoisotopic (exact) mass is 503 g/mol. The Morgan fingerprint density at radius 1 is 1.20 bits per heavy atom. The number of halogens is 3. The molecule has 7 nitrogen and oxygen atoms in total. The van der Waals surface area contributed by atoms with Gasteiger partial charge in [0.1, 0.15) is 23.4 Å². The van der Waals surface area contributed by atoms with Crippen LogP contribution in [-0.4, -0.2) is 30.1 Å². The van der Waals surface area contributed by atoms with Gasteiger partial charge < -0.3 is 14.2 Å². The topological polar surface area (TPSA) is 84.7 Å². The molecule has 1 N–H and O–H groups in total. The van der Waals surface area contributed by atoms with E-state index in [0.717, 1.165) is 0 Å². The molecule has 1 heterocycles. The molecule has 1 aliphatic rings. The lowest BCUT2D eigenvalue weighted by atomic mass is 10.1. The summed E-state index contributed by atoms with van der Waals surface area (Å²) in [4.78, 5) is 26.2. The fraction of sp³-hybridized carbons (Fsp3) is 0.320. The van der Waals surface area contributed by atoms with Crippen LogP contribution < -0.4 is 10.2 Å². The second-order valence-electron chi connectivity index (χ2n) is 8.55. The summed E-state index contributed by atoms with van der Waals surface area (Å²) in [5.74, 6) is -5.60. The van der Waals surface area contributed by atoms with E-state index in [-0.39, 0.29) is 5.76 Å². The van der Waals surface area contributed by atoms with Crippen molar-refractivity contribution in [3.05, 3.63) is 64.8 Å². The number of aromatic nitrogens is 1.